The Kier molecular flexibility index (Phi) is 3.92. The Hall–Kier alpha value is -1.16. The van der Waals surface area contributed by atoms with Crippen molar-refractivity contribution in [3.63, 3.8) is 0 Å². The highest BCUT2D eigenvalue weighted by atomic mass is 127. The van der Waals surface area contributed by atoms with Gasteiger partial charge in [0.25, 0.3) is 0 Å². The lowest BCUT2D eigenvalue weighted by atomic mass is 10.2. The lowest BCUT2D eigenvalue weighted by Gasteiger charge is -2.10. The lowest BCUT2D eigenvalue weighted by molar-refractivity contribution is 0.468. The summed E-state index contributed by atoms with van der Waals surface area (Å²) in [5.74, 6) is 1.07. The third-order valence-electron chi connectivity index (χ3n) is 2.82. The number of para-hydroxylation sites is 1. The van der Waals surface area contributed by atoms with Crippen LogP contribution in [-0.4, -0.2) is 15.1 Å². The molecule has 0 bridgehead atoms. The zero-order valence-electron chi connectivity index (χ0n) is 10.1. The van der Waals surface area contributed by atoms with Gasteiger partial charge in [-0.2, -0.15) is 0 Å². The van der Waals surface area contributed by atoms with Crippen LogP contribution in [0.4, 0.5) is 11.5 Å². The molecule has 0 aliphatic rings. The number of phenolic OH excluding ortho intramolecular Hbond substituents is 1. The van der Waals surface area contributed by atoms with Crippen molar-refractivity contribution in [3.05, 3.63) is 49.9 Å². The van der Waals surface area contributed by atoms with Crippen LogP contribution in [0.15, 0.2) is 42.7 Å². The topological polar surface area (TPSA) is 58.0 Å². The Labute approximate surface area is 142 Å². The van der Waals surface area contributed by atoms with Crippen LogP contribution in [0.1, 0.15) is 0 Å². The van der Waals surface area contributed by atoms with Crippen LogP contribution in [0.5, 0.6) is 5.75 Å². The summed E-state index contributed by atoms with van der Waals surface area (Å²) in [6.45, 7) is 0. The van der Waals surface area contributed by atoms with E-state index in [2.05, 4.69) is 60.5 Å². The third-order valence-corrected chi connectivity index (χ3v) is 4.47. The second-order valence-corrected chi connectivity index (χ2v) is 6.48. The van der Waals surface area contributed by atoms with Gasteiger partial charge in [0.05, 0.1) is 12.7 Å². The van der Waals surface area contributed by atoms with E-state index in [0.717, 1.165) is 29.5 Å². The van der Waals surface area contributed by atoms with Crippen molar-refractivity contribution >= 4 is 67.6 Å². The molecule has 3 aromatic rings. The Morgan fingerprint density at radius 2 is 1.70 bits per heavy atom. The average Bonchev–Trinajstić information content (AvgIpc) is 2.45. The van der Waals surface area contributed by atoms with Crippen LogP contribution in [0.3, 0.4) is 0 Å². The maximum atomic E-state index is 9.80. The quantitative estimate of drug-likeness (QED) is 0.417. The van der Waals surface area contributed by atoms with Crippen molar-refractivity contribution in [3.8, 4) is 5.75 Å². The van der Waals surface area contributed by atoms with Crippen LogP contribution >= 0.6 is 45.2 Å². The molecular formula is C14H9I2N3O. The monoisotopic (exact) mass is 489 g/mol. The highest BCUT2D eigenvalue weighted by Crippen LogP contribution is 2.31. The summed E-state index contributed by atoms with van der Waals surface area (Å²) in [6, 6.07) is 11.6. The molecule has 1 aromatic heterocycles. The van der Waals surface area contributed by atoms with Gasteiger partial charge in [0.15, 0.2) is 0 Å². The van der Waals surface area contributed by atoms with Gasteiger partial charge in [-0.3, -0.25) is 0 Å². The first-order valence-corrected chi connectivity index (χ1v) is 7.95. The van der Waals surface area contributed by atoms with E-state index in [1.807, 2.05) is 36.4 Å². The minimum Gasteiger partial charge on any atom is -0.506 e. The molecule has 0 radical (unpaired) electrons. The van der Waals surface area contributed by atoms with Gasteiger partial charge in [0, 0.05) is 11.1 Å². The van der Waals surface area contributed by atoms with Crippen molar-refractivity contribution in [1.82, 2.24) is 9.97 Å². The Balaban J connectivity index is 2.06. The van der Waals surface area contributed by atoms with Gasteiger partial charge in [-0.05, 0) is 69.4 Å². The number of hydrogen-bond acceptors (Lipinski definition) is 4. The summed E-state index contributed by atoms with van der Waals surface area (Å²) < 4.78 is 1.60. The summed E-state index contributed by atoms with van der Waals surface area (Å²) >= 11 is 4.22. The number of aromatic hydroxyl groups is 1. The number of halogens is 2. The molecule has 1 heterocycles. The van der Waals surface area contributed by atoms with Gasteiger partial charge in [-0.15, -0.1) is 0 Å². The molecule has 3 rings (SSSR count). The second-order valence-electron chi connectivity index (χ2n) is 4.15. The maximum absolute atomic E-state index is 9.80. The van der Waals surface area contributed by atoms with E-state index in [0.29, 0.717) is 5.75 Å². The number of rotatable bonds is 2. The molecule has 2 aromatic carbocycles. The molecule has 0 spiro atoms. The van der Waals surface area contributed by atoms with E-state index >= 15 is 0 Å². The summed E-state index contributed by atoms with van der Waals surface area (Å²) in [7, 11) is 0. The Morgan fingerprint density at radius 3 is 2.45 bits per heavy atom. The fraction of sp³-hybridized carbons (Fsp3) is 0. The molecule has 20 heavy (non-hydrogen) atoms. The normalized spacial score (nSPS) is 10.7. The summed E-state index contributed by atoms with van der Waals surface area (Å²) in [5.41, 5.74) is 1.79. The van der Waals surface area contributed by atoms with Gasteiger partial charge >= 0.3 is 0 Å². The smallest absolute Gasteiger partial charge is 0.142 e. The standard InChI is InChI=1S/C14H9I2N3O/c15-10-5-8(6-11(16)13(10)20)19-14-9-3-1-2-4-12(9)17-7-18-14/h1-7,20H,(H,17,18,19). The van der Waals surface area contributed by atoms with Crippen LogP contribution < -0.4 is 5.32 Å². The van der Waals surface area contributed by atoms with Crippen LogP contribution in [0.25, 0.3) is 10.9 Å². The number of hydrogen-bond donors (Lipinski definition) is 2. The highest BCUT2D eigenvalue weighted by Gasteiger charge is 2.08. The van der Waals surface area contributed by atoms with E-state index in [1.165, 1.54) is 0 Å². The number of aromatic nitrogens is 2. The lowest BCUT2D eigenvalue weighted by Crippen LogP contribution is -1.97. The van der Waals surface area contributed by atoms with E-state index in [1.54, 1.807) is 6.33 Å². The second kappa shape index (κ2) is 5.68. The van der Waals surface area contributed by atoms with Crippen molar-refractivity contribution in [2.75, 3.05) is 5.32 Å². The van der Waals surface area contributed by atoms with Gasteiger partial charge in [0.2, 0.25) is 0 Å². The van der Waals surface area contributed by atoms with Crippen molar-refractivity contribution < 1.29 is 5.11 Å². The van der Waals surface area contributed by atoms with Gasteiger partial charge in [-0.25, -0.2) is 9.97 Å². The first-order chi connectivity index (χ1) is 9.65. The molecule has 0 fully saturated rings. The summed E-state index contributed by atoms with van der Waals surface area (Å²) in [4.78, 5) is 8.53. The maximum Gasteiger partial charge on any atom is 0.142 e. The summed E-state index contributed by atoms with van der Waals surface area (Å²) in [6.07, 6.45) is 1.54. The SMILES string of the molecule is Oc1c(I)cc(Nc2ncnc3ccccc23)cc1I. The molecule has 0 atom stereocenters. The molecule has 0 saturated heterocycles. The van der Waals surface area contributed by atoms with Gasteiger partial charge in [0.1, 0.15) is 17.9 Å². The summed E-state index contributed by atoms with van der Waals surface area (Å²) in [5, 5.41) is 14.0. The van der Waals surface area contributed by atoms with Crippen LogP contribution in [0.2, 0.25) is 0 Å². The molecule has 2 N–H and O–H groups in total. The Bertz CT molecular complexity index is 764. The molecule has 0 aliphatic heterocycles. The zero-order valence-corrected chi connectivity index (χ0v) is 14.5. The molecule has 4 nitrogen and oxygen atoms in total. The largest absolute Gasteiger partial charge is 0.506 e. The van der Waals surface area contributed by atoms with E-state index in [9.17, 15) is 5.11 Å². The molecule has 6 heteroatoms. The van der Waals surface area contributed by atoms with Gasteiger partial charge in [-0.1, -0.05) is 12.1 Å². The van der Waals surface area contributed by atoms with Crippen molar-refractivity contribution in [2.24, 2.45) is 0 Å². The average molecular weight is 489 g/mol. The van der Waals surface area contributed by atoms with E-state index < -0.39 is 0 Å². The highest BCUT2D eigenvalue weighted by molar-refractivity contribution is 14.1. The van der Waals surface area contributed by atoms with Crippen LogP contribution in [0, 0.1) is 7.14 Å². The first-order valence-electron chi connectivity index (χ1n) is 5.80. The fourth-order valence-corrected chi connectivity index (χ4v) is 3.65. The number of nitrogens with one attached hydrogen (secondary N) is 1. The number of fused-ring (bicyclic) bond motifs is 1. The minimum atomic E-state index is 0.310. The molecule has 0 aliphatic carbocycles. The van der Waals surface area contributed by atoms with Crippen molar-refractivity contribution in [2.45, 2.75) is 0 Å². The van der Waals surface area contributed by atoms with E-state index in [4.69, 9.17) is 0 Å². The number of benzene rings is 2. The molecular weight excluding hydrogens is 480 g/mol. The predicted octanol–water partition coefficient (Wildman–Crippen LogP) is 4.29. The molecule has 0 saturated carbocycles. The fourth-order valence-electron chi connectivity index (χ4n) is 1.88. The number of phenols is 1. The molecule has 100 valence electrons. The van der Waals surface area contributed by atoms with E-state index in [-0.39, 0.29) is 0 Å². The number of anilines is 2. The minimum absolute atomic E-state index is 0.310. The zero-order chi connectivity index (χ0) is 14.1. The third kappa shape index (κ3) is 2.66. The van der Waals surface area contributed by atoms with Gasteiger partial charge < -0.3 is 10.4 Å². The Morgan fingerprint density at radius 1 is 1.00 bits per heavy atom. The predicted molar refractivity (Wildman–Crippen MR) is 96.4 cm³/mol. The molecule has 0 unspecified atom stereocenters. The first kappa shape index (κ1) is 13.8. The van der Waals surface area contributed by atoms with Crippen LogP contribution in [-0.2, 0) is 0 Å². The molecule has 0 amide bonds. The number of nitrogens with zero attached hydrogens (tertiary/aromatic N) is 2. The van der Waals surface area contributed by atoms with Crippen molar-refractivity contribution in [1.29, 1.82) is 0 Å².